The van der Waals surface area contributed by atoms with Crippen LogP contribution in [0.1, 0.15) is 36.9 Å². The van der Waals surface area contributed by atoms with Crippen LogP contribution in [0.25, 0.3) is 0 Å². The highest BCUT2D eigenvalue weighted by atomic mass is 32.1. The molecule has 1 aromatic heterocycles. The smallest absolute Gasteiger partial charge is 0.377 e. The molecule has 0 radical (unpaired) electrons. The van der Waals surface area contributed by atoms with Crippen LogP contribution >= 0.6 is 11.3 Å². The molecule has 0 spiro atoms. The van der Waals surface area contributed by atoms with Gasteiger partial charge < -0.3 is 9.68 Å². The van der Waals surface area contributed by atoms with Crippen molar-refractivity contribution < 1.29 is 14.5 Å². The Morgan fingerprint density at radius 3 is 3.05 bits per heavy atom. The summed E-state index contributed by atoms with van der Waals surface area (Å²) in [4.78, 5) is 24.0. The van der Waals surface area contributed by atoms with E-state index >= 15 is 0 Å². The molecule has 102 valence electrons. The number of carbonyl (C=O) groups is 1. The van der Waals surface area contributed by atoms with Gasteiger partial charge in [-0.25, -0.2) is 4.79 Å². The number of thiophene rings is 1. The van der Waals surface area contributed by atoms with E-state index in [0.717, 1.165) is 17.0 Å². The van der Waals surface area contributed by atoms with Gasteiger partial charge >= 0.3 is 5.97 Å². The molecule has 0 bridgehead atoms. The molecular weight excluding hydrogens is 264 g/mol. The first-order chi connectivity index (χ1) is 9.03. The van der Waals surface area contributed by atoms with Gasteiger partial charge in [0.1, 0.15) is 0 Å². The monoisotopic (exact) mass is 280 g/mol. The zero-order valence-electron chi connectivity index (χ0n) is 11.2. The van der Waals surface area contributed by atoms with Crippen molar-refractivity contribution in [1.82, 2.24) is 0 Å². The van der Waals surface area contributed by atoms with Crippen LogP contribution in [0.15, 0.2) is 22.4 Å². The zero-order chi connectivity index (χ0) is 13.9. The minimum absolute atomic E-state index is 0.431. The topological polar surface area (TPSA) is 60.2 Å². The van der Waals surface area contributed by atoms with Gasteiger partial charge in [0, 0.05) is 16.2 Å². The summed E-state index contributed by atoms with van der Waals surface area (Å²) in [5, 5.41) is 7.47. The largest absolute Gasteiger partial charge is 0.381 e. The first-order valence-corrected chi connectivity index (χ1v) is 6.90. The SMILES string of the molecule is CCc1ccc(/C=N/OC(=O)C2(C)CC(C)=NO2)s1. The van der Waals surface area contributed by atoms with E-state index in [0.29, 0.717) is 6.42 Å². The van der Waals surface area contributed by atoms with Crippen LogP contribution in [-0.2, 0) is 20.9 Å². The third-order valence-electron chi connectivity index (χ3n) is 2.77. The summed E-state index contributed by atoms with van der Waals surface area (Å²) in [5.74, 6) is -0.531. The van der Waals surface area contributed by atoms with Crippen LogP contribution in [0.3, 0.4) is 0 Å². The number of hydrogen-bond acceptors (Lipinski definition) is 6. The fourth-order valence-corrected chi connectivity index (χ4v) is 2.53. The molecule has 1 aromatic rings. The molecule has 0 aliphatic carbocycles. The quantitative estimate of drug-likeness (QED) is 0.484. The summed E-state index contributed by atoms with van der Waals surface area (Å²) < 4.78 is 0. The van der Waals surface area contributed by atoms with Gasteiger partial charge in [0.2, 0.25) is 5.60 Å². The third kappa shape index (κ3) is 3.20. The van der Waals surface area contributed by atoms with E-state index in [1.165, 1.54) is 11.1 Å². The van der Waals surface area contributed by atoms with Crippen LogP contribution < -0.4 is 0 Å². The molecule has 0 N–H and O–H groups in total. The van der Waals surface area contributed by atoms with Gasteiger partial charge in [-0.1, -0.05) is 17.2 Å². The van der Waals surface area contributed by atoms with E-state index in [9.17, 15) is 4.79 Å². The molecular formula is C13H16N2O3S. The Bertz CT molecular complexity index is 536. The average Bonchev–Trinajstić information content (AvgIpc) is 2.97. The molecule has 0 aromatic carbocycles. The molecule has 2 heterocycles. The van der Waals surface area contributed by atoms with Gasteiger partial charge in [-0.3, -0.25) is 0 Å². The van der Waals surface area contributed by atoms with Gasteiger partial charge in [0.25, 0.3) is 0 Å². The summed E-state index contributed by atoms with van der Waals surface area (Å²) >= 11 is 1.62. The fourth-order valence-electron chi connectivity index (χ4n) is 1.72. The number of aryl methyl sites for hydroxylation is 1. The highest BCUT2D eigenvalue weighted by molar-refractivity contribution is 7.13. The summed E-state index contributed by atoms with van der Waals surface area (Å²) in [6.45, 7) is 5.54. The molecule has 1 atom stereocenters. The maximum absolute atomic E-state index is 11.8. The van der Waals surface area contributed by atoms with Crippen molar-refractivity contribution in [2.75, 3.05) is 0 Å². The third-order valence-corrected chi connectivity index (χ3v) is 3.94. The minimum atomic E-state index is -1.05. The molecule has 2 rings (SSSR count). The molecule has 0 fully saturated rings. The summed E-state index contributed by atoms with van der Waals surface area (Å²) in [7, 11) is 0. The van der Waals surface area contributed by atoms with Crippen LogP contribution in [0.4, 0.5) is 0 Å². The number of nitrogens with zero attached hydrogens (tertiary/aromatic N) is 2. The molecule has 0 saturated heterocycles. The maximum Gasteiger partial charge on any atom is 0.381 e. The Morgan fingerprint density at radius 2 is 2.47 bits per heavy atom. The Morgan fingerprint density at radius 1 is 1.68 bits per heavy atom. The van der Waals surface area contributed by atoms with Gasteiger partial charge in [0.15, 0.2) is 0 Å². The molecule has 6 heteroatoms. The molecule has 0 saturated carbocycles. The standard InChI is InChI=1S/C13H16N2O3S/c1-4-10-5-6-11(19-10)8-14-17-12(16)13(3)7-9(2)15-18-13/h5-6,8H,4,7H2,1-3H3/b14-8+. The van der Waals surface area contributed by atoms with Crippen molar-refractivity contribution in [2.24, 2.45) is 10.3 Å². The van der Waals surface area contributed by atoms with Gasteiger partial charge in [0.05, 0.1) is 11.9 Å². The van der Waals surface area contributed by atoms with Crippen molar-refractivity contribution in [2.45, 2.75) is 39.2 Å². The van der Waals surface area contributed by atoms with Crippen LogP contribution in [0, 0.1) is 0 Å². The molecule has 1 aliphatic heterocycles. The van der Waals surface area contributed by atoms with Gasteiger partial charge in [-0.2, -0.15) is 0 Å². The zero-order valence-corrected chi connectivity index (χ0v) is 12.0. The van der Waals surface area contributed by atoms with E-state index in [-0.39, 0.29) is 0 Å². The lowest BCUT2D eigenvalue weighted by Gasteiger charge is -2.16. The molecule has 19 heavy (non-hydrogen) atoms. The molecule has 0 amide bonds. The number of carbonyl (C=O) groups excluding carboxylic acids is 1. The van der Waals surface area contributed by atoms with Crippen molar-refractivity contribution in [3.63, 3.8) is 0 Å². The predicted molar refractivity (Wildman–Crippen MR) is 74.6 cm³/mol. The lowest BCUT2D eigenvalue weighted by molar-refractivity contribution is -0.167. The Hall–Kier alpha value is -1.69. The number of rotatable bonds is 4. The number of hydrogen-bond donors (Lipinski definition) is 0. The van der Waals surface area contributed by atoms with Crippen LogP contribution in [0.2, 0.25) is 0 Å². The van der Waals surface area contributed by atoms with Crippen molar-refractivity contribution in [3.8, 4) is 0 Å². The molecule has 5 nitrogen and oxygen atoms in total. The Labute approximate surface area is 115 Å². The van der Waals surface area contributed by atoms with Crippen molar-refractivity contribution in [1.29, 1.82) is 0 Å². The van der Waals surface area contributed by atoms with E-state index in [1.54, 1.807) is 25.2 Å². The van der Waals surface area contributed by atoms with E-state index in [4.69, 9.17) is 9.68 Å². The lowest BCUT2D eigenvalue weighted by Crippen LogP contribution is -2.36. The summed E-state index contributed by atoms with van der Waals surface area (Å²) in [6, 6.07) is 3.98. The fraction of sp³-hybridized carbons (Fsp3) is 0.462. The van der Waals surface area contributed by atoms with Gasteiger partial charge in [-0.15, -0.1) is 11.3 Å². The molecule has 1 unspecified atom stereocenters. The minimum Gasteiger partial charge on any atom is -0.377 e. The van der Waals surface area contributed by atoms with E-state index in [2.05, 4.69) is 17.2 Å². The molecule has 1 aliphatic rings. The van der Waals surface area contributed by atoms with Crippen LogP contribution in [-0.4, -0.2) is 23.5 Å². The van der Waals surface area contributed by atoms with Crippen LogP contribution in [0.5, 0.6) is 0 Å². The Balaban J connectivity index is 1.90. The second-order valence-electron chi connectivity index (χ2n) is 4.60. The van der Waals surface area contributed by atoms with Gasteiger partial charge in [-0.05, 0) is 32.4 Å². The number of oxime groups is 2. The summed E-state index contributed by atoms with van der Waals surface area (Å²) in [6.07, 6.45) is 2.95. The normalized spacial score (nSPS) is 22.4. The van der Waals surface area contributed by atoms with Crippen molar-refractivity contribution in [3.05, 3.63) is 21.9 Å². The van der Waals surface area contributed by atoms with E-state index in [1.807, 2.05) is 12.1 Å². The Kier molecular flexibility index (Phi) is 3.99. The second kappa shape index (κ2) is 5.52. The predicted octanol–water partition coefficient (Wildman–Crippen LogP) is 2.74. The second-order valence-corrected chi connectivity index (χ2v) is 5.80. The summed E-state index contributed by atoms with van der Waals surface area (Å²) in [5.41, 5.74) is -0.278. The van der Waals surface area contributed by atoms with Crippen molar-refractivity contribution >= 4 is 29.2 Å². The maximum atomic E-state index is 11.8. The highest BCUT2D eigenvalue weighted by Crippen LogP contribution is 2.24. The van der Waals surface area contributed by atoms with E-state index < -0.39 is 11.6 Å². The first kappa shape index (κ1) is 13.7. The lowest BCUT2D eigenvalue weighted by atomic mass is 10.0. The average molecular weight is 280 g/mol. The first-order valence-electron chi connectivity index (χ1n) is 6.08. The highest BCUT2D eigenvalue weighted by Gasteiger charge is 2.42.